The summed E-state index contributed by atoms with van der Waals surface area (Å²) in [5, 5.41) is 1.43. The summed E-state index contributed by atoms with van der Waals surface area (Å²) < 4.78 is 12.6. The van der Waals surface area contributed by atoms with Gasteiger partial charge in [0, 0.05) is 23.5 Å². The van der Waals surface area contributed by atoms with Crippen LogP contribution in [0.25, 0.3) is 10.9 Å². The number of carbonyl (C=O) groups is 1. The number of benzene rings is 1. The minimum Gasteiger partial charge on any atom is -0.491 e. The van der Waals surface area contributed by atoms with E-state index in [1.165, 1.54) is 7.11 Å². The molecule has 5 nitrogen and oxygen atoms in total. The van der Waals surface area contributed by atoms with Crippen molar-refractivity contribution < 1.29 is 14.3 Å². The van der Waals surface area contributed by atoms with Crippen LogP contribution in [-0.2, 0) is 11.3 Å². The lowest BCUT2D eigenvalue weighted by Gasteiger charge is -2.14. The molecular formula is C16H21ClN2O3. The normalized spacial score (nSPS) is 11.2. The highest BCUT2D eigenvalue weighted by Crippen LogP contribution is 2.35. The zero-order valence-corrected chi connectivity index (χ0v) is 14.1. The maximum absolute atomic E-state index is 12.3. The fraction of sp³-hybridized carbons (Fsp3) is 0.438. The summed E-state index contributed by atoms with van der Waals surface area (Å²) >= 11 is 6.10. The van der Waals surface area contributed by atoms with Crippen LogP contribution in [0, 0.1) is 0 Å². The van der Waals surface area contributed by atoms with Crippen LogP contribution in [-0.4, -0.2) is 49.8 Å². The fourth-order valence-electron chi connectivity index (χ4n) is 2.42. The van der Waals surface area contributed by atoms with Gasteiger partial charge >= 0.3 is 5.97 Å². The van der Waals surface area contributed by atoms with E-state index in [-0.39, 0.29) is 0 Å². The minimum atomic E-state index is -0.408. The number of halogens is 1. The molecule has 0 atom stereocenters. The number of hydrogen-bond donors (Lipinski definition) is 0. The molecule has 0 unspecified atom stereocenters. The summed E-state index contributed by atoms with van der Waals surface area (Å²) in [4.78, 5) is 14.3. The molecule has 0 aliphatic heterocycles. The summed E-state index contributed by atoms with van der Waals surface area (Å²) in [6.45, 7) is 3.79. The summed E-state index contributed by atoms with van der Waals surface area (Å²) in [6, 6.07) is 5.54. The van der Waals surface area contributed by atoms with E-state index in [1.807, 2.05) is 43.8 Å². The van der Waals surface area contributed by atoms with Gasteiger partial charge < -0.3 is 18.9 Å². The average molecular weight is 325 g/mol. The Labute approximate surface area is 135 Å². The number of carbonyl (C=O) groups excluding carboxylic acids is 1. The number of nitrogens with zero attached hydrogens (tertiary/aromatic N) is 2. The van der Waals surface area contributed by atoms with Gasteiger partial charge in [0.1, 0.15) is 0 Å². The quantitative estimate of drug-likeness (QED) is 0.766. The van der Waals surface area contributed by atoms with Crippen LogP contribution in [0.15, 0.2) is 18.2 Å². The smallest absolute Gasteiger partial charge is 0.358 e. The molecule has 0 radical (unpaired) electrons. The van der Waals surface area contributed by atoms with Crippen molar-refractivity contribution in [3.8, 4) is 5.75 Å². The first-order valence-electron chi connectivity index (χ1n) is 7.17. The van der Waals surface area contributed by atoms with Crippen LogP contribution in [0.3, 0.4) is 0 Å². The van der Waals surface area contributed by atoms with Crippen molar-refractivity contribution in [3.63, 3.8) is 0 Å². The third kappa shape index (κ3) is 3.20. The lowest BCUT2D eigenvalue weighted by molar-refractivity contribution is 0.0583. The van der Waals surface area contributed by atoms with E-state index in [9.17, 15) is 4.79 Å². The summed E-state index contributed by atoms with van der Waals surface area (Å²) in [7, 11) is 5.35. The van der Waals surface area contributed by atoms with Crippen LogP contribution in [0.5, 0.6) is 5.75 Å². The van der Waals surface area contributed by atoms with Gasteiger partial charge in [-0.25, -0.2) is 4.79 Å². The van der Waals surface area contributed by atoms with Gasteiger partial charge in [0.15, 0.2) is 11.4 Å². The second-order valence-electron chi connectivity index (χ2n) is 5.22. The van der Waals surface area contributed by atoms with Crippen LogP contribution >= 0.6 is 11.6 Å². The Bertz CT molecular complexity index is 680. The van der Waals surface area contributed by atoms with Crippen LogP contribution in [0.4, 0.5) is 0 Å². The summed E-state index contributed by atoms with van der Waals surface area (Å²) in [5.41, 5.74) is 1.35. The van der Waals surface area contributed by atoms with E-state index in [0.29, 0.717) is 29.6 Å². The largest absolute Gasteiger partial charge is 0.491 e. The monoisotopic (exact) mass is 324 g/mol. The standard InChI is InChI=1S/C16H21ClN2O3/c1-5-22-15-12-10-11(17)6-7-13(12)19(9-8-18(2)3)14(15)16(20)21-4/h6-7,10H,5,8-9H2,1-4H3. The molecule has 22 heavy (non-hydrogen) atoms. The average Bonchev–Trinajstić information content (AvgIpc) is 2.78. The molecule has 0 spiro atoms. The van der Waals surface area contributed by atoms with Gasteiger partial charge in [0.25, 0.3) is 0 Å². The van der Waals surface area contributed by atoms with Crippen LogP contribution in [0.2, 0.25) is 5.02 Å². The van der Waals surface area contributed by atoms with Gasteiger partial charge in [-0.3, -0.25) is 0 Å². The van der Waals surface area contributed by atoms with Crippen molar-refractivity contribution >= 4 is 28.5 Å². The summed E-state index contributed by atoms with van der Waals surface area (Å²) in [5.74, 6) is 0.125. The molecular weight excluding hydrogens is 304 g/mol. The highest BCUT2D eigenvalue weighted by molar-refractivity contribution is 6.31. The van der Waals surface area contributed by atoms with Gasteiger partial charge in [-0.05, 0) is 39.2 Å². The van der Waals surface area contributed by atoms with Gasteiger partial charge in [-0.15, -0.1) is 0 Å². The second kappa shape index (κ2) is 7.03. The van der Waals surface area contributed by atoms with Crippen LogP contribution in [0.1, 0.15) is 17.4 Å². The summed E-state index contributed by atoms with van der Waals surface area (Å²) in [6.07, 6.45) is 0. The Morgan fingerprint density at radius 2 is 2.09 bits per heavy atom. The Morgan fingerprint density at radius 3 is 2.68 bits per heavy atom. The number of hydrogen-bond acceptors (Lipinski definition) is 4. The number of likely N-dealkylation sites (N-methyl/N-ethyl adjacent to an activating group) is 1. The van der Waals surface area contributed by atoms with E-state index in [4.69, 9.17) is 21.1 Å². The molecule has 120 valence electrons. The Kier molecular flexibility index (Phi) is 5.32. The molecule has 0 saturated carbocycles. The second-order valence-corrected chi connectivity index (χ2v) is 5.66. The molecule has 2 aromatic rings. The van der Waals surface area contributed by atoms with Crippen molar-refractivity contribution in [1.82, 2.24) is 9.47 Å². The molecule has 0 bridgehead atoms. The molecule has 6 heteroatoms. The molecule has 2 rings (SSSR count). The lowest BCUT2D eigenvalue weighted by Crippen LogP contribution is -2.21. The highest BCUT2D eigenvalue weighted by atomic mass is 35.5. The highest BCUT2D eigenvalue weighted by Gasteiger charge is 2.25. The number of methoxy groups -OCH3 is 1. The van der Waals surface area contributed by atoms with Crippen LogP contribution < -0.4 is 4.74 Å². The zero-order valence-electron chi connectivity index (χ0n) is 13.4. The molecule has 0 amide bonds. The van der Waals surface area contributed by atoms with Crippen molar-refractivity contribution in [3.05, 3.63) is 28.9 Å². The van der Waals surface area contributed by atoms with Gasteiger partial charge in [0.05, 0.1) is 19.2 Å². The number of rotatable bonds is 6. The number of aromatic nitrogens is 1. The molecule has 1 aromatic carbocycles. The van der Waals surface area contributed by atoms with E-state index < -0.39 is 5.97 Å². The van der Waals surface area contributed by atoms with Crippen molar-refractivity contribution in [2.24, 2.45) is 0 Å². The van der Waals surface area contributed by atoms with Crippen molar-refractivity contribution in [2.45, 2.75) is 13.5 Å². The van der Waals surface area contributed by atoms with Crippen molar-refractivity contribution in [2.75, 3.05) is 34.4 Å². The maximum Gasteiger partial charge on any atom is 0.358 e. The minimum absolute atomic E-state index is 0.408. The number of fused-ring (bicyclic) bond motifs is 1. The maximum atomic E-state index is 12.3. The molecule has 1 aromatic heterocycles. The third-order valence-electron chi connectivity index (χ3n) is 3.42. The molecule has 0 fully saturated rings. The SMILES string of the molecule is CCOc1c(C(=O)OC)n(CCN(C)C)c2ccc(Cl)cc12. The fourth-order valence-corrected chi connectivity index (χ4v) is 2.59. The zero-order chi connectivity index (χ0) is 16.3. The van der Waals surface area contributed by atoms with E-state index in [0.717, 1.165) is 17.4 Å². The Morgan fingerprint density at radius 1 is 1.36 bits per heavy atom. The van der Waals surface area contributed by atoms with Gasteiger partial charge in [-0.1, -0.05) is 11.6 Å². The number of ether oxygens (including phenoxy) is 2. The van der Waals surface area contributed by atoms with Gasteiger partial charge in [-0.2, -0.15) is 0 Å². The number of esters is 1. The topological polar surface area (TPSA) is 43.7 Å². The predicted molar refractivity (Wildman–Crippen MR) is 88.0 cm³/mol. The van der Waals surface area contributed by atoms with E-state index in [1.54, 1.807) is 0 Å². The van der Waals surface area contributed by atoms with Crippen molar-refractivity contribution in [1.29, 1.82) is 0 Å². The molecule has 0 aliphatic rings. The van der Waals surface area contributed by atoms with E-state index >= 15 is 0 Å². The Balaban J connectivity index is 2.69. The molecule has 0 aliphatic carbocycles. The third-order valence-corrected chi connectivity index (χ3v) is 3.65. The molecule has 0 N–H and O–H groups in total. The predicted octanol–water partition coefficient (Wildman–Crippen LogP) is 3.04. The molecule has 1 heterocycles. The lowest BCUT2D eigenvalue weighted by atomic mass is 10.2. The first-order valence-corrected chi connectivity index (χ1v) is 7.55. The first kappa shape index (κ1) is 16.6. The molecule has 0 saturated heterocycles. The Hall–Kier alpha value is -1.72. The van der Waals surface area contributed by atoms with Gasteiger partial charge in [0.2, 0.25) is 0 Å². The van der Waals surface area contributed by atoms with E-state index in [2.05, 4.69) is 4.90 Å². The first-order chi connectivity index (χ1) is 10.5.